The zero-order valence-corrected chi connectivity index (χ0v) is 18.4. The number of hydrogen-bond donors (Lipinski definition) is 1. The van der Waals surface area contributed by atoms with Gasteiger partial charge in [-0.1, -0.05) is 59.7 Å². The fourth-order valence-electron chi connectivity index (χ4n) is 3.53. The van der Waals surface area contributed by atoms with Crippen molar-refractivity contribution in [2.75, 3.05) is 5.43 Å². The lowest BCUT2D eigenvalue weighted by Crippen LogP contribution is -2.32. The van der Waals surface area contributed by atoms with E-state index in [0.717, 1.165) is 29.1 Å². The third-order valence-electron chi connectivity index (χ3n) is 5.16. The van der Waals surface area contributed by atoms with Crippen LogP contribution in [0.25, 0.3) is 0 Å². The van der Waals surface area contributed by atoms with Crippen molar-refractivity contribution in [3.63, 3.8) is 0 Å². The summed E-state index contributed by atoms with van der Waals surface area (Å²) in [5.41, 5.74) is 9.97. The summed E-state index contributed by atoms with van der Waals surface area (Å²) >= 11 is 0. The van der Waals surface area contributed by atoms with Gasteiger partial charge in [0.1, 0.15) is 5.71 Å². The maximum atomic E-state index is 5.00. The van der Waals surface area contributed by atoms with Gasteiger partial charge in [-0.05, 0) is 63.9 Å². The zero-order valence-electron chi connectivity index (χ0n) is 18.4. The quantitative estimate of drug-likeness (QED) is 0.223. The molecule has 31 heavy (non-hydrogen) atoms. The molecule has 4 rings (SSSR count). The van der Waals surface area contributed by atoms with Gasteiger partial charge >= 0.3 is 0 Å². The van der Waals surface area contributed by atoms with Gasteiger partial charge in [-0.15, -0.1) is 10.2 Å². The summed E-state index contributed by atoms with van der Waals surface area (Å²) in [6.07, 6.45) is 0.875. The van der Waals surface area contributed by atoms with E-state index >= 15 is 0 Å². The van der Waals surface area contributed by atoms with Crippen LogP contribution < -0.4 is 5.43 Å². The predicted molar refractivity (Wildman–Crippen MR) is 129 cm³/mol. The van der Waals surface area contributed by atoms with Crippen LogP contribution in [0.2, 0.25) is 0 Å². The predicted octanol–water partition coefficient (Wildman–Crippen LogP) is 6.64. The molecular weight excluding hydrogens is 382 g/mol. The van der Waals surface area contributed by atoms with Crippen LogP contribution in [0.4, 0.5) is 11.4 Å². The second-order valence-corrected chi connectivity index (χ2v) is 8.56. The van der Waals surface area contributed by atoms with Gasteiger partial charge in [-0.3, -0.25) is 10.4 Å². The molecule has 5 nitrogen and oxygen atoms in total. The Bertz CT molecular complexity index is 1150. The standard InChI is InChI=1S/C26H27N5/c1-18-9-13-21(14-10-18)28-30-25(31-29-22-15-11-19(2)12-16-22)24-23-8-6-5-7-20(23)17-26(3,4)27-24/h5-16,28H,17H2,1-4H3. The number of hydrazone groups is 1. The van der Waals surface area contributed by atoms with E-state index in [1.807, 2.05) is 54.6 Å². The van der Waals surface area contributed by atoms with Crippen LogP contribution in [0.3, 0.4) is 0 Å². The molecule has 5 heteroatoms. The Morgan fingerprint density at radius 3 is 2.23 bits per heavy atom. The molecule has 0 atom stereocenters. The molecule has 1 aliphatic heterocycles. The lowest BCUT2D eigenvalue weighted by molar-refractivity contribution is 0.514. The number of benzene rings is 3. The van der Waals surface area contributed by atoms with Crippen molar-refractivity contribution in [1.29, 1.82) is 0 Å². The Morgan fingerprint density at radius 1 is 0.871 bits per heavy atom. The fourth-order valence-corrected chi connectivity index (χ4v) is 3.53. The number of amidine groups is 1. The minimum Gasteiger partial charge on any atom is -0.276 e. The summed E-state index contributed by atoms with van der Waals surface area (Å²) < 4.78 is 0. The highest BCUT2D eigenvalue weighted by atomic mass is 15.3. The number of rotatable bonds is 4. The van der Waals surface area contributed by atoms with Crippen LogP contribution in [0, 0.1) is 13.8 Å². The number of hydrogen-bond acceptors (Lipinski definition) is 4. The monoisotopic (exact) mass is 409 g/mol. The Balaban J connectivity index is 1.75. The summed E-state index contributed by atoms with van der Waals surface area (Å²) in [5.74, 6) is 0.460. The van der Waals surface area contributed by atoms with Crippen LogP contribution in [-0.4, -0.2) is 17.1 Å². The zero-order chi connectivity index (χ0) is 21.8. The smallest absolute Gasteiger partial charge is 0.219 e. The van der Waals surface area contributed by atoms with Crippen LogP contribution in [0.5, 0.6) is 0 Å². The molecule has 0 fully saturated rings. The molecule has 3 aromatic rings. The maximum absolute atomic E-state index is 5.00. The van der Waals surface area contributed by atoms with Gasteiger partial charge in [0.15, 0.2) is 0 Å². The first-order valence-electron chi connectivity index (χ1n) is 10.5. The number of fused-ring (bicyclic) bond motifs is 1. The van der Waals surface area contributed by atoms with Gasteiger partial charge in [0, 0.05) is 5.56 Å². The summed E-state index contributed by atoms with van der Waals surface area (Å²) in [7, 11) is 0. The summed E-state index contributed by atoms with van der Waals surface area (Å²) in [6.45, 7) is 8.37. The molecule has 1 aliphatic rings. The molecule has 0 unspecified atom stereocenters. The van der Waals surface area contributed by atoms with E-state index in [0.29, 0.717) is 5.84 Å². The van der Waals surface area contributed by atoms with Gasteiger partial charge in [-0.2, -0.15) is 5.10 Å². The Morgan fingerprint density at radius 2 is 1.52 bits per heavy atom. The van der Waals surface area contributed by atoms with Crippen molar-refractivity contribution in [1.82, 2.24) is 0 Å². The van der Waals surface area contributed by atoms with Crippen molar-refractivity contribution in [2.45, 2.75) is 39.7 Å². The largest absolute Gasteiger partial charge is 0.276 e. The van der Waals surface area contributed by atoms with Crippen LogP contribution in [0.15, 0.2) is 93.1 Å². The Hall–Kier alpha value is -3.60. The third-order valence-corrected chi connectivity index (χ3v) is 5.16. The molecule has 1 heterocycles. The highest BCUT2D eigenvalue weighted by molar-refractivity contribution is 6.48. The van der Waals surface area contributed by atoms with Crippen molar-refractivity contribution < 1.29 is 0 Å². The number of nitrogens with one attached hydrogen (secondary N) is 1. The van der Waals surface area contributed by atoms with E-state index in [-0.39, 0.29) is 5.54 Å². The van der Waals surface area contributed by atoms with E-state index in [1.54, 1.807) is 0 Å². The lowest BCUT2D eigenvalue weighted by Gasteiger charge is -2.28. The van der Waals surface area contributed by atoms with Crippen molar-refractivity contribution in [2.24, 2.45) is 20.3 Å². The topological polar surface area (TPSA) is 61.5 Å². The second-order valence-electron chi connectivity index (χ2n) is 8.56. The van der Waals surface area contributed by atoms with Crippen LogP contribution in [-0.2, 0) is 6.42 Å². The first-order valence-corrected chi connectivity index (χ1v) is 10.5. The van der Waals surface area contributed by atoms with Crippen molar-refractivity contribution >= 4 is 22.9 Å². The molecule has 0 spiro atoms. The van der Waals surface area contributed by atoms with E-state index in [9.17, 15) is 0 Å². The molecule has 0 amide bonds. The number of aliphatic imine (C=N–C) groups is 1. The average Bonchev–Trinajstić information content (AvgIpc) is 2.75. The number of nitrogens with zero attached hydrogens (tertiary/aromatic N) is 4. The van der Waals surface area contributed by atoms with Gasteiger partial charge in [0.2, 0.25) is 5.84 Å². The Kier molecular flexibility index (Phi) is 5.76. The third kappa shape index (κ3) is 5.12. The highest BCUT2D eigenvalue weighted by Gasteiger charge is 2.29. The van der Waals surface area contributed by atoms with Crippen molar-refractivity contribution in [3.8, 4) is 0 Å². The summed E-state index contributed by atoms with van der Waals surface area (Å²) in [5, 5.41) is 13.6. The first kappa shape index (κ1) is 20.7. The molecule has 156 valence electrons. The van der Waals surface area contributed by atoms with E-state index in [4.69, 9.17) is 4.99 Å². The minimum atomic E-state index is -0.242. The van der Waals surface area contributed by atoms with E-state index < -0.39 is 0 Å². The molecule has 0 bridgehead atoms. The SMILES string of the molecule is Cc1ccc(N=NC(=NNc2ccc(C)cc2)C2=NC(C)(C)Cc3ccccc32)cc1. The highest BCUT2D eigenvalue weighted by Crippen LogP contribution is 2.28. The normalized spacial score (nSPS) is 15.5. The number of azo groups is 1. The van der Waals surface area contributed by atoms with Gasteiger partial charge < -0.3 is 0 Å². The van der Waals surface area contributed by atoms with Gasteiger partial charge in [-0.25, -0.2) is 0 Å². The van der Waals surface area contributed by atoms with E-state index in [2.05, 4.69) is 66.6 Å². The fraction of sp³-hybridized carbons (Fsp3) is 0.231. The molecule has 0 aliphatic carbocycles. The molecule has 1 N–H and O–H groups in total. The Labute approximate surface area is 183 Å². The number of aryl methyl sites for hydroxylation is 2. The molecular formula is C26H27N5. The lowest BCUT2D eigenvalue weighted by atomic mass is 9.86. The molecule has 0 saturated heterocycles. The van der Waals surface area contributed by atoms with Crippen molar-refractivity contribution in [3.05, 3.63) is 95.1 Å². The molecule has 3 aromatic carbocycles. The number of anilines is 1. The molecule has 0 saturated carbocycles. The first-order chi connectivity index (χ1) is 14.9. The van der Waals surface area contributed by atoms with Crippen LogP contribution in [0.1, 0.15) is 36.1 Å². The second kappa shape index (κ2) is 8.64. The molecule has 0 radical (unpaired) electrons. The minimum absolute atomic E-state index is 0.242. The van der Waals surface area contributed by atoms with Gasteiger partial charge in [0.05, 0.1) is 16.9 Å². The molecule has 0 aromatic heterocycles. The van der Waals surface area contributed by atoms with Crippen LogP contribution >= 0.6 is 0 Å². The average molecular weight is 410 g/mol. The van der Waals surface area contributed by atoms with Gasteiger partial charge in [0.25, 0.3) is 0 Å². The summed E-state index contributed by atoms with van der Waals surface area (Å²) in [6, 6.07) is 24.3. The van der Waals surface area contributed by atoms with E-state index in [1.165, 1.54) is 16.7 Å². The summed E-state index contributed by atoms with van der Waals surface area (Å²) in [4.78, 5) is 5.00. The maximum Gasteiger partial charge on any atom is 0.219 e.